The minimum atomic E-state index is -1.16. The number of nitrogens with two attached hydrogens (primary N) is 1. The first-order valence-corrected chi connectivity index (χ1v) is 4.15. The molecule has 2 heterocycles. The summed E-state index contributed by atoms with van der Waals surface area (Å²) >= 11 is 0. The van der Waals surface area contributed by atoms with E-state index in [2.05, 4.69) is 9.97 Å². The highest BCUT2D eigenvalue weighted by molar-refractivity contribution is 5.83. The number of nitrogens with zero attached hydrogens (tertiary/aromatic N) is 2. The van der Waals surface area contributed by atoms with Gasteiger partial charge in [0.25, 0.3) is 0 Å². The molecule has 1 aromatic rings. The molecule has 0 saturated carbocycles. The van der Waals surface area contributed by atoms with Gasteiger partial charge in [0.2, 0.25) is 5.82 Å². The Morgan fingerprint density at radius 2 is 2.29 bits per heavy atom. The summed E-state index contributed by atoms with van der Waals surface area (Å²) in [7, 11) is 0. The average Bonchev–Trinajstić information content (AvgIpc) is 2.17. The Morgan fingerprint density at radius 3 is 3.00 bits per heavy atom. The summed E-state index contributed by atoms with van der Waals surface area (Å²) in [6.45, 7) is 0.906. The van der Waals surface area contributed by atoms with Gasteiger partial charge in [0, 0.05) is 12.0 Å². The Hall–Kier alpha value is -1.69. The number of anilines is 1. The van der Waals surface area contributed by atoms with Gasteiger partial charge in [-0.1, -0.05) is 0 Å². The van der Waals surface area contributed by atoms with E-state index in [0.29, 0.717) is 30.9 Å². The number of fused-ring (bicyclic) bond motifs is 1. The van der Waals surface area contributed by atoms with E-state index < -0.39 is 5.97 Å². The van der Waals surface area contributed by atoms with E-state index in [4.69, 9.17) is 15.6 Å². The number of ether oxygens (including phenoxy) is 1. The van der Waals surface area contributed by atoms with Crippen molar-refractivity contribution >= 4 is 11.8 Å². The summed E-state index contributed by atoms with van der Waals surface area (Å²) < 4.78 is 5.17. The van der Waals surface area contributed by atoms with Gasteiger partial charge in [0.15, 0.2) is 0 Å². The third-order valence-electron chi connectivity index (χ3n) is 2.05. The first-order valence-electron chi connectivity index (χ1n) is 4.15. The normalized spacial score (nSPS) is 14.9. The third kappa shape index (κ3) is 1.39. The Labute approximate surface area is 79.7 Å². The lowest BCUT2D eigenvalue weighted by Crippen LogP contribution is -2.18. The van der Waals surface area contributed by atoms with Crippen LogP contribution in [0.1, 0.15) is 21.9 Å². The number of rotatable bonds is 1. The standard InChI is InChI=1S/C8H9N3O3/c9-6-4-3-14-2-1-5(4)10-7(11-6)8(12)13/h1-3H2,(H,12,13)(H2,9,10,11). The molecule has 0 amide bonds. The topological polar surface area (TPSA) is 98.3 Å². The summed E-state index contributed by atoms with van der Waals surface area (Å²) in [4.78, 5) is 18.2. The molecule has 0 aromatic carbocycles. The summed E-state index contributed by atoms with van der Waals surface area (Å²) in [6.07, 6.45) is 0.586. The molecule has 74 valence electrons. The van der Waals surface area contributed by atoms with Gasteiger partial charge in [-0.2, -0.15) is 0 Å². The van der Waals surface area contributed by atoms with Gasteiger partial charge >= 0.3 is 5.97 Å². The summed E-state index contributed by atoms with van der Waals surface area (Å²) in [5.41, 5.74) is 6.98. The fourth-order valence-corrected chi connectivity index (χ4v) is 1.35. The van der Waals surface area contributed by atoms with Gasteiger partial charge in [0.1, 0.15) is 5.82 Å². The zero-order valence-corrected chi connectivity index (χ0v) is 7.36. The van der Waals surface area contributed by atoms with Crippen LogP contribution < -0.4 is 5.73 Å². The van der Waals surface area contributed by atoms with Crippen LogP contribution in [0.4, 0.5) is 5.82 Å². The first-order chi connectivity index (χ1) is 6.68. The van der Waals surface area contributed by atoms with E-state index >= 15 is 0 Å². The molecule has 1 aliphatic rings. The average molecular weight is 195 g/mol. The van der Waals surface area contributed by atoms with Gasteiger partial charge in [-0.3, -0.25) is 0 Å². The number of hydrogen-bond acceptors (Lipinski definition) is 5. The van der Waals surface area contributed by atoms with Crippen LogP contribution in [0.5, 0.6) is 0 Å². The maximum Gasteiger partial charge on any atom is 0.374 e. The lowest BCUT2D eigenvalue weighted by molar-refractivity contribution is 0.0680. The van der Waals surface area contributed by atoms with Gasteiger partial charge in [-0.15, -0.1) is 0 Å². The molecule has 1 aromatic heterocycles. The number of hydrogen-bond donors (Lipinski definition) is 2. The molecule has 0 aliphatic carbocycles. The van der Waals surface area contributed by atoms with E-state index in [1.165, 1.54) is 0 Å². The fraction of sp³-hybridized carbons (Fsp3) is 0.375. The van der Waals surface area contributed by atoms with Crippen LogP contribution in [0, 0.1) is 0 Å². The Balaban J connectivity index is 2.51. The van der Waals surface area contributed by atoms with Crippen molar-refractivity contribution in [2.24, 2.45) is 0 Å². The highest BCUT2D eigenvalue weighted by Gasteiger charge is 2.18. The molecule has 0 spiro atoms. The van der Waals surface area contributed by atoms with Gasteiger partial charge in [0.05, 0.1) is 18.9 Å². The van der Waals surface area contributed by atoms with Crippen LogP contribution in [0.15, 0.2) is 0 Å². The lowest BCUT2D eigenvalue weighted by atomic mass is 10.1. The number of aromatic carboxylic acids is 1. The molecular weight excluding hydrogens is 186 g/mol. The van der Waals surface area contributed by atoms with Crippen LogP contribution in [0.25, 0.3) is 0 Å². The van der Waals surface area contributed by atoms with E-state index in [9.17, 15) is 4.79 Å². The van der Waals surface area contributed by atoms with E-state index in [1.807, 2.05) is 0 Å². The maximum absolute atomic E-state index is 10.6. The Kier molecular flexibility index (Phi) is 2.05. The van der Waals surface area contributed by atoms with E-state index in [0.717, 1.165) is 0 Å². The smallest absolute Gasteiger partial charge is 0.374 e. The van der Waals surface area contributed by atoms with Crippen molar-refractivity contribution in [3.8, 4) is 0 Å². The van der Waals surface area contributed by atoms with Gasteiger partial charge in [-0.25, -0.2) is 14.8 Å². The number of carboxylic acid groups (broad SMARTS) is 1. The fourth-order valence-electron chi connectivity index (χ4n) is 1.35. The predicted octanol–water partition coefficient (Wildman–Crippen LogP) is -0.170. The summed E-state index contributed by atoms with van der Waals surface area (Å²) in [6, 6.07) is 0. The largest absolute Gasteiger partial charge is 0.475 e. The number of nitrogen functional groups attached to an aromatic ring is 1. The highest BCUT2D eigenvalue weighted by atomic mass is 16.5. The molecule has 3 N–H and O–H groups in total. The van der Waals surface area contributed by atoms with Crippen LogP contribution in [0.3, 0.4) is 0 Å². The Morgan fingerprint density at radius 1 is 1.50 bits per heavy atom. The van der Waals surface area contributed by atoms with Crippen molar-refractivity contribution in [1.82, 2.24) is 9.97 Å². The molecule has 0 saturated heterocycles. The molecule has 0 bridgehead atoms. The molecular formula is C8H9N3O3. The Bertz CT molecular complexity index is 392. The molecule has 0 unspecified atom stereocenters. The number of carbonyl (C=O) groups is 1. The lowest BCUT2D eigenvalue weighted by Gasteiger charge is -2.16. The highest BCUT2D eigenvalue weighted by Crippen LogP contribution is 2.19. The first kappa shape index (κ1) is 8.89. The van der Waals surface area contributed by atoms with Gasteiger partial charge in [-0.05, 0) is 0 Å². The molecule has 6 heteroatoms. The van der Waals surface area contributed by atoms with Crippen LogP contribution >= 0.6 is 0 Å². The minimum absolute atomic E-state index is 0.201. The second-order valence-corrected chi connectivity index (χ2v) is 2.97. The summed E-state index contributed by atoms with van der Waals surface area (Å²) in [5, 5.41) is 8.70. The van der Waals surface area contributed by atoms with Crippen LogP contribution in [0.2, 0.25) is 0 Å². The molecule has 2 rings (SSSR count). The quantitative estimate of drug-likeness (QED) is 0.645. The van der Waals surface area contributed by atoms with E-state index in [-0.39, 0.29) is 11.6 Å². The van der Waals surface area contributed by atoms with Crippen molar-refractivity contribution in [3.63, 3.8) is 0 Å². The second kappa shape index (κ2) is 3.22. The number of aromatic nitrogens is 2. The van der Waals surface area contributed by atoms with Crippen LogP contribution in [-0.4, -0.2) is 27.7 Å². The van der Waals surface area contributed by atoms with E-state index in [1.54, 1.807) is 0 Å². The molecule has 0 radical (unpaired) electrons. The predicted molar refractivity (Wildman–Crippen MR) is 46.8 cm³/mol. The monoisotopic (exact) mass is 195 g/mol. The molecule has 1 aliphatic heterocycles. The maximum atomic E-state index is 10.6. The van der Waals surface area contributed by atoms with Gasteiger partial charge < -0.3 is 15.6 Å². The molecule has 0 atom stereocenters. The third-order valence-corrected chi connectivity index (χ3v) is 2.05. The minimum Gasteiger partial charge on any atom is -0.475 e. The second-order valence-electron chi connectivity index (χ2n) is 2.97. The SMILES string of the molecule is Nc1nc(C(=O)O)nc2c1COCC2. The van der Waals surface area contributed by atoms with Crippen molar-refractivity contribution in [1.29, 1.82) is 0 Å². The zero-order valence-electron chi connectivity index (χ0n) is 7.36. The molecule has 14 heavy (non-hydrogen) atoms. The number of carboxylic acids is 1. The summed E-state index contributed by atoms with van der Waals surface area (Å²) in [5.74, 6) is -1.21. The zero-order chi connectivity index (χ0) is 10.1. The van der Waals surface area contributed by atoms with Crippen molar-refractivity contribution in [2.45, 2.75) is 13.0 Å². The molecule has 0 fully saturated rings. The van der Waals surface area contributed by atoms with Crippen molar-refractivity contribution < 1.29 is 14.6 Å². The van der Waals surface area contributed by atoms with Crippen LogP contribution in [-0.2, 0) is 17.8 Å². The van der Waals surface area contributed by atoms with Crippen molar-refractivity contribution in [3.05, 3.63) is 17.1 Å². The molecule has 6 nitrogen and oxygen atoms in total. The van der Waals surface area contributed by atoms with Crippen molar-refractivity contribution in [2.75, 3.05) is 12.3 Å².